The number of hydrogen-bond donors (Lipinski definition) is 0. The largest absolute Gasteiger partial charge is 0.134 e. The molecule has 0 saturated carbocycles. The Morgan fingerprint density at radius 3 is 1.72 bits per heavy atom. The average Bonchev–Trinajstić information content (AvgIpc) is 3.82. The van der Waals surface area contributed by atoms with Crippen LogP contribution in [-0.4, -0.2) is 0 Å². The molecule has 0 bridgehead atoms. The lowest BCUT2D eigenvalue weighted by molar-refractivity contribution is 0.926. The molecule has 11 aromatic rings. The first-order chi connectivity index (χ1) is 26.8. The Hall–Kier alpha value is -6.06. The molecular weight excluding hydrogens is 689 g/mol. The highest BCUT2D eigenvalue weighted by atomic mass is 32.1. The Labute approximate surface area is 320 Å². The molecule has 0 spiro atoms. The fourth-order valence-electron chi connectivity index (χ4n) is 9.35. The van der Waals surface area contributed by atoms with Crippen molar-refractivity contribution in [2.75, 3.05) is 0 Å². The van der Waals surface area contributed by atoms with E-state index < -0.39 is 0 Å². The topological polar surface area (TPSA) is 0 Å². The minimum absolute atomic E-state index is 0.293. The Bertz CT molecular complexity index is 3430. The van der Waals surface area contributed by atoms with Crippen molar-refractivity contribution in [2.45, 2.75) is 12.3 Å². The second kappa shape index (κ2) is 11.7. The van der Waals surface area contributed by atoms with Crippen LogP contribution in [0.2, 0.25) is 0 Å². The van der Waals surface area contributed by atoms with Crippen molar-refractivity contribution in [1.82, 2.24) is 0 Å². The maximum absolute atomic E-state index is 2.58. The van der Waals surface area contributed by atoms with Gasteiger partial charge >= 0.3 is 0 Å². The average molecular weight is 721 g/mol. The predicted octanol–water partition coefficient (Wildman–Crippen LogP) is 14.0. The summed E-state index contributed by atoms with van der Waals surface area (Å²) in [6.45, 7) is 0. The molecule has 1 aliphatic carbocycles. The summed E-state index contributed by atoms with van der Waals surface area (Å²) in [6.07, 6.45) is 6.09. The zero-order valence-corrected chi connectivity index (χ0v) is 31.0. The highest BCUT2D eigenvalue weighted by Crippen LogP contribution is 2.46. The van der Waals surface area contributed by atoms with Gasteiger partial charge in [-0.3, -0.25) is 0 Å². The molecule has 1 unspecified atom stereocenters. The molecule has 0 aliphatic heterocycles. The SMILES string of the molecule is C1=c2sc3c4sc5ccccc5c4c4ccccc4c3c2=CC(c2cccc(-c3c4ccccc4c(-c4ccc5ccccc5c4)c4ccccc34)c2)C1. The summed E-state index contributed by atoms with van der Waals surface area (Å²) < 4.78 is 5.63. The lowest BCUT2D eigenvalue weighted by Gasteiger charge is -2.19. The molecule has 54 heavy (non-hydrogen) atoms. The molecular formula is C52H32S2. The molecule has 0 saturated heterocycles. The quantitative estimate of drug-likeness (QED) is 0.159. The molecule has 2 heterocycles. The lowest BCUT2D eigenvalue weighted by atomic mass is 9.84. The van der Waals surface area contributed by atoms with Crippen LogP contribution in [0.25, 0.3) is 108 Å². The molecule has 2 heteroatoms. The van der Waals surface area contributed by atoms with Gasteiger partial charge in [0.15, 0.2) is 0 Å². The van der Waals surface area contributed by atoms with Gasteiger partial charge in [-0.1, -0.05) is 164 Å². The van der Waals surface area contributed by atoms with Crippen LogP contribution < -0.4 is 9.75 Å². The second-order valence-electron chi connectivity index (χ2n) is 14.7. The van der Waals surface area contributed by atoms with E-state index in [0.717, 1.165) is 6.42 Å². The molecule has 9 aromatic carbocycles. The van der Waals surface area contributed by atoms with E-state index in [1.165, 1.54) is 111 Å². The third-order valence-corrected chi connectivity index (χ3v) is 14.3. The summed E-state index contributed by atoms with van der Waals surface area (Å²) in [7, 11) is 0. The van der Waals surface area contributed by atoms with E-state index in [4.69, 9.17) is 0 Å². The van der Waals surface area contributed by atoms with Crippen molar-refractivity contribution in [1.29, 1.82) is 0 Å². The molecule has 1 atom stereocenters. The third-order valence-electron chi connectivity index (χ3n) is 11.7. The second-order valence-corrected chi connectivity index (χ2v) is 16.8. The molecule has 0 nitrogen and oxygen atoms in total. The molecule has 0 amide bonds. The van der Waals surface area contributed by atoms with Crippen LogP contribution in [-0.2, 0) is 0 Å². The normalized spacial score (nSPS) is 14.3. The van der Waals surface area contributed by atoms with Crippen molar-refractivity contribution >= 4 is 108 Å². The van der Waals surface area contributed by atoms with Crippen LogP contribution in [0.5, 0.6) is 0 Å². The van der Waals surface area contributed by atoms with Gasteiger partial charge in [0.25, 0.3) is 0 Å². The van der Waals surface area contributed by atoms with Crippen LogP contribution in [0.3, 0.4) is 0 Å². The zero-order valence-electron chi connectivity index (χ0n) is 29.3. The Balaban J connectivity index is 1.06. The van der Waals surface area contributed by atoms with E-state index in [9.17, 15) is 0 Å². The number of rotatable bonds is 3. The van der Waals surface area contributed by atoms with Gasteiger partial charge in [-0.05, 0) is 94.7 Å². The molecule has 12 rings (SSSR count). The summed E-state index contributed by atoms with van der Waals surface area (Å²) in [5.41, 5.74) is 6.52. The predicted molar refractivity (Wildman–Crippen MR) is 238 cm³/mol. The van der Waals surface area contributed by atoms with E-state index in [1.807, 2.05) is 22.7 Å². The maximum Gasteiger partial charge on any atom is 0.0540 e. The minimum atomic E-state index is 0.293. The molecule has 252 valence electrons. The summed E-state index contributed by atoms with van der Waals surface area (Å²) in [4.78, 5) is 0. The zero-order chi connectivity index (χ0) is 35.3. The number of fused-ring (bicyclic) bond motifs is 13. The highest BCUT2D eigenvalue weighted by Gasteiger charge is 2.21. The van der Waals surface area contributed by atoms with Crippen LogP contribution in [0.4, 0.5) is 0 Å². The molecule has 0 N–H and O–H groups in total. The van der Waals surface area contributed by atoms with Gasteiger partial charge in [0.1, 0.15) is 0 Å². The first-order valence-corrected chi connectivity index (χ1v) is 20.4. The van der Waals surface area contributed by atoms with Gasteiger partial charge in [0, 0.05) is 31.3 Å². The number of hydrogen-bond acceptors (Lipinski definition) is 2. The Morgan fingerprint density at radius 2 is 1.00 bits per heavy atom. The van der Waals surface area contributed by atoms with Crippen molar-refractivity contribution in [3.8, 4) is 22.3 Å². The highest BCUT2D eigenvalue weighted by molar-refractivity contribution is 7.31. The van der Waals surface area contributed by atoms with Crippen LogP contribution >= 0.6 is 22.7 Å². The summed E-state index contributed by atoms with van der Waals surface area (Å²) in [5, 5.41) is 16.0. The van der Waals surface area contributed by atoms with Gasteiger partial charge < -0.3 is 0 Å². The van der Waals surface area contributed by atoms with Gasteiger partial charge in [-0.25, -0.2) is 0 Å². The number of benzene rings is 9. The van der Waals surface area contributed by atoms with Crippen LogP contribution in [0, 0.1) is 0 Å². The summed E-state index contributed by atoms with van der Waals surface area (Å²) in [5.74, 6) is 0.293. The van der Waals surface area contributed by atoms with Gasteiger partial charge in [0.2, 0.25) is 0 Å². The van der Waals surface area contributed by atoms with Gasteiger partial charge in [-0.15, -0.1) is 22.7 Å². The van der Waals surface area contributed by atoms with E-state index in [2.05, 4.69) is 176 Å². The van der Waals surface area contributed by atoms with Crippen molar-refractivity contribution < 1.29 is 0 Å². The van der Waals surface area contributed by atoms with Crippen molar-refractivity contribution in [2.24, 2.45) is 0 Å². The fraction of sp³-hybridized carbons (Fsp3) is 0.0385. The fourth-order valence-corrected chi connectivity index (χ4v) is 12.0. The third kappa shape index (κ3) is 4.42. The first kappa shape index (κ1) is 30.4. The Morgan fingerprint density at radius 1 is 0.426 bits per heavy atom. The summed E-state index contributed by atoms with van der Waals surface area (Å²) in [6, 6.07) is 61.0. The van der Waals surface area contributed by atoms with Gasteiger partial charge in [-0.2, -0.15) is 0 Å². The minimum Gasteiger partial charge on any atom is -0.134 e. The van der Waals surface area contributed by atoms with Gasteiger partial charge in [0.05, 0.1) is 9.40 Å². The monoisotopic (exact) mass is 720 g/mol. The number of thiophene rings is 2. The summed E-state index contributed by atoms with van der Waals surface area (Å²) >= 11 is 3.93. The molecule has 0 fully saturated rings. The molecule has 1 aliphatic rings. The standard InChI is InChI=1S/C52H32S2/c1-2-13-32-28-36(25-24-31(32)12-1)48-39-18-5-3-16-37(39)47(38-17-4-6-19-40(38)48)35-15-11-14-33(29-35)34-26-27-46-44(30-34)50-42-21-8-7-20-41(42)49-43-22-9-10-23-45(43)53-51(49)52(50)54-46/h1-25,27-30,34H,26H2. The Kier molecular flexibility index (Phi) is 6.60. The van der Waals surface area contributed by atoms with Crippen molar-refractivity contribution in [3.05, 3.63) is 179 Å². The van der Waals surface area contributed by atoms with E-state index >= 15 is 0 Å². The van der Waals surface area contributed by atoms with Crippen LogP contribution in [0.1, 0.15) is 17.9 Å². The molecule has 0 radical (unpaired) electrons. The smallest absolute Gasteiger partial charge is 0.0540 e. The molecule has 2 aromatic heterocycles. The van der Waals surface area contributed by atoms with E-state index in [-0.39, 0.29) is 0 Å². The van der Waals surface area contributed by atoms with E-state index in [1.54, 1.807) is 0 Å². The van der Waals surface area contributed by atoms with Crippen LogP contribution in [0.15, 0.2) is 164 Å². The maximum atomic E-state index is 2.58. The first-order valence-electron chi connectivity index (χ1n) is 18.8. The van der Waals surface area contributed by atoms with Crippen molar-refractivity contribution in [3.63, 3.8) is 0 Å². The lowest BCUT2D eigenvalue weighted by Crippen LogP contribution is -2.23. The van der Waals surface area contributed by atoms with E-state index in [0.29, 0.717) is 5.92 Å².